The molecule has 1 aliphatic carbocycles. The summed E-state index contributed by atoms with van der Waals surface area (Å²) in [4.78, 5) is 26.4. The molecule has 0 aromatic heterocycles. The first-order valence-electron chi connectivity index (χ1n) is 10.9. The van der Waals surface area contributed by atoms with Crippen molar-refractivity contribution in [3.63, 3.8) is 0 Å². The number of Topliss-reactive ketones (excluding diaryl/α,β-unsaturated/α-hetero) is 1. The Morgan fingerprint density at radius 3 is 2.70 bits per heavy atom. The molecule has 1 aromatic rings. The second-order valence-electron chi connectivity index (χ2n) is 7.94. The molecule has 3 rings (SSSR count). The van der Waals surface area contributed by atoms with E-state index in [-0.39, 0.29) is 29.8 Å². The van der Waals surface area contributed by atoms with E-state index in [1.165, 1.54) is 7.11 Å². The molecule has 1 saturated heterocycles. The van der Waals surface area contributed by atoms with Gasteiger partial charge in [0.05, 0.1) is 39.1 Å². The van der Waals surface area contributed by atoms with Gasteiger partial charge in [0, 0.05) is 31.8 Å². The quantitative estimate of drug-likeness (QED) is 0.332. The van der Waals surface area contributed by atoms with Crippen LogP contribution in [0.15, 0.2) is 42.5 Å². The van der Waals surface area contributed by atoms with Gasteiger partial charge in [-0.15, -0.1) is 0 Å². The maximum Gasteiger partial charge on any atom is 0.305 e. The molecular weight excluding hydrogens is 382 g/mol. The molecule has 6 nitrogen and oxygen atoms in total. The normalized spacial score (nSPS) is 25.1. The van der Waals surface area contributed by atoms with Crippen molar-refractivity contribution < 1.29 is 23.8 Å². The zero-order valence-electron chi connectivity index (χ0n) is 17.8. The van der Waals surface area contributed by atoms with Crippen LogP contribution in [0.2, 0.25) is 0 Å². The van der Waals surface area contributed by atoms with E-state index in [9.17, 15) is 9.59 Å². The highest BCUT2D eigenvalue weighted by Crippen LogP contribution is 2.34. The largest absolute Gasteiger partial charge is 0.469 e. The van der Waals surface area contributed by atoms with E-state index >= 15 is 0 Å². The summed E-state index contributed by atoms with van der Waals surface area (Å²) in [5.74, 6) is 0.238. The molecule has 0 amide bonds. The number of nitrogens with zero attached hydrogens (tertiary/aromatic N) is 1. The first kappa shape index (κ1) is 22.7. The van der Waals surface area contributed by atoms with Crippen molar-refractivity contribution in [3.8, 4) is 0 Å². The molecule has 2 fully saturated rings. The summed E-state index contributed by atoms with van der Waals surface area (Å²) in [6, 6.07) is 9.99. The molecule has 0 N–H and O–H groups in total. The molecule has 1 aromatic carbocycles. The van der Waals surface area contributed by atoms with Crippen LogP contribution in [-0.4, -0.2) is 62.2 Å². The summed E-state index contributed by atoms with van der Waals surface area (Å²) in [6.45, 7) is 3.46. The van der Waals surface area contributed by atoms with Crippen LogP contribution in [0.3, 0.4) is 0 Å². The molecular formula is C24H33NO5. The highest BCUT2D eigenvalue weighted by molar-refractivity contribution is 5.87. The van der Waals surface area contributed by atoms with E-state index < -0.39 is 0 Å². The van der Waals surface area contributed by atoms with Crippen molar-refractivity contribution in [1.29, 1.82) is 0 Å². The van der Waals surface area contributed by atoms with Gasteiger partial charge in [0.1, 0.15) is 0 Å². The number of ketones is 1. The van der Waals surface area contributed by atoms with E-state index in [1.807, 2.05) is 30.3 Å². The first-order chi connectivity index (χ1) is 14.7. The van der Waals surface area contributed by atoms with Crippen LogP contribution in [0.25, 0.3) is 0 Å². The third-order valence-corrected chi connectivity index (χ3v) is 5.92. The Kier molecular flexibility index (Phi) is 9.05. The fourth-order valence-corrected chi connectivity index (χ4v) is 4.32. The van der Waals surface area contributed by atoms with E-state index in [4.69, 9.17) is 9.47 Å². The van der Waals surface area contributed by atoms with Crippen LogP contribution in [-0.2, 0) is 30.4 Å². The van der Waals surface area contributed by atoms with Gasteiger partial charge in [0.2, 0.25) is 0 Å². The topological polar surface area (TPSA) is 65.1 Å². The Labute approximate surface area is 179 Å². The van der Waals surface area contributed by atoms with Crippen LogP contribution in [0.4, 0.5) is 0 Å². The minimum absolute atomic E-state index is 0.0785. The minimum Gasteiger partial charge on any atom is -0.469 e. The highest BCUT2D eigenvalue weighted by Gasteiger charge is 2.45. The summed E-state index contributed by atoms with van der Waals surface area (Å²) in [5, 5.41) is 0. The van der Waals surface area contributed by atoms with E-state index in [2.05, 4.69) is 21.8 Å². The number of morpholine rings is 1. The number of esters is 1. The number of benzene rings is 1. The number of unbranched alkanes of at least 4 members (excludes halogenated alkanes) is 1. The highest BCUT2D eigenvalue weighted by atomic mass is 16.5. The lowest BCUT2D eigenvalue weighted by Gasteiger charge is -2.35. The summed E-state index contributed by atoms with van der Waals surface area (Å²) in [5.41, 5.74) is 1.12. The van der Waals surface area contributed by atoms with Crippen molar-refractivity contribution in [2.45, 2.75) is 50.9 Å². The van der Waals surface area contributed by atoms with E-state index in [0.717, 1.165) is 37.9 Å². The van der Waals surface area contributed by atoms with Gasteiger partial charge in [-0.3, -0.25) is 14.5 Å². The van der Waals surface area contributed by atoms with Crippen molar-refractivity contribution >= 4 is 11.8 Å². The molecule has 1 saturated carbocycles. The van der Waals surface area contributed by atoms with Crippen LogP contribution in [0.5, 0.6) is 0 Å². The van der Waals surface area contributed by atoms with Gasteiger partial charge < -0.3 is 14.2 Å². The number of carbonyl (C=O) groups excluding carboxylic acids is 2. The van der Waals surface area contributed by atoms with Gasteiger partial charge in [-0.05, 0) is 24.8 Å². The van der Waals surface area contributed by atoms with E-state index in [1.54, 1.807) is 0 Å². The van der Waals surface area contributed by atoms with Crippen LogP contribution < -0.4 is 0 Å². The van der Waals surface area contributed by atoms with Crippen LogP contribution in [0.1, 0.15) is 37.7 Å². The fourth-order valence-electron chi connectivity index (χ4n) is 4.32. The average Bonchev–Trinajstić information content (AvgIpc) is 3.10. The Morgan fingerprint density at radius 2 is 1.97 bits per heavy atom. The van der Waals surface area contributed by atoms with E-state index in [0.29, 0.717) is 32.7 Å². The molecule has 0 unspecified atom stereocenters. The molecule has 2 aliphatic rings. The zero-order chi connectivity index (χ0) is 21.2. The third-order valence-electron chi connectivity index (χ3n) is 5.92. The number of hydrogen-bond acceptors (Lipinski definition) is 6. The van der Waals surface area contributed by atoms with Gasteiger partial charge in [-0.1, -0.05) is 42.5 Å². The molecule has 0 radical (unpaired) electrons. The molecule has 1 heterocycles. The van der Waals surface area contributed by atoms with Crippen molar-refractivity contribution in [3.05, 3.63) is 48.0 Å². The predicted molar refractivity (Wildman–Crippen MR) is 114 cm³/mol. The molecule has 30 heavy (non-hydrogen) atoms. The SMILES string of the molecule is COC(=O)CCC/C=C\C[C@H]1[C@H](N2CCOCC2)C(=O)C[C@H]1OCc1ccccc1. The average molecular weight is 416 g/mol. The lowest BCUT2D eigenvalue weighted by molar-refractivity contribution is -0.140. The minimum atomic E-state index is -0.174. The molecule has 6 heteroatoms. The molecule has 0 bridgehead atoms. The smallest absolute Gasteiger partial charge is 0.305 e. The summed E-state index contributed by atoms with van der Waals surface area (Å²) in [7, 11) is 1.41. The van der Waals surface area contributed by atoms with Crippen LogP contribution in [0, 0.1) is 5.92 Å². The zero-order valence-corrected chi connectivity index (χ0v) is 17.8. The maximum atomic E-state index is 12.9. The predicted octanol–water partition coefficient (Wildman–Crippen LogP) is 3.15. The van der Waals surface area contributed by atoms with Gasteiger partial charge in [0.25, 0.3) is 0 Å². The maximum absolute atomic E-state index is 12.9. The second-order valence-corrected chi connectivity index (χ2v) is 7.94. The van der Waals surface area contributed by atoms with Crippen molar-refractivity contribution in [1.82, 2.24) is 4.90 Å². The summed E-state index contributed by atoms with van der Waals surface area (Å²) >= 11 is 0. The molecule has 1 aliphatic heterocycles. The number of hydrogen-bond donors (Lipinski definition) is 0. The molecule has 3 atom stereocenters. The second kappa shape index (κ2) is 12.0. The first-order valence-corrected chi connectivity index (χ1v) is 10.9. The lowest BCUT2D eigenvalue weighted by atomic mass is 9.95. The van der Waals surface area contributed by atoms with Crippen molar-refractivity contribution in [2.24, 2.45) is 5.92 Å². The Morgan fingerprint density at radius 1 is 1.20 bits per heavy atom. The number of methoxy groups -OCH3 is 1. The standard InChI is InChI=1S/C24H33NO5/c1-28-23(27)12-8-3-2-7-11-20-22(30-18-19-9-5-4-6-10-19)17-21(26)24(20)25-13-15-29-16-14-25/h2,4-7,9-10,20,22,24H,3,8,11-18H2,1H3/b7-2-/t20-,22-,24+/m1/s1. The van der Waals surface area contributed by atoms with Crippen molar-refractivity contribution in [2.75, 3.05) is 33.4 Å². The van der Waals surface area contributed by atoms with Gasteiger partial charge in [-0.25, -0.2) is 0 Å². The molecule has 0 spiro atoms. The monoisotopic (exact) mass is 415 g/mol. The number of rotatable bonds is 10. The lowest BCUT2D eigenvalue weighted by Crippen LogP contribution is -2.49. The third kappa shape index (κ3) is 6.49. The van der Waals surface area contributed by atoms with Crippen LogP contribution >= 0.6 is 0 Å². The van der Waals surface area contributed by atoms with Gasteiger partial charge >= 0.3 is 5.97 Å². The summed E-state index contributed by atoms with van der Waals surface area (Å²) < 4.78 is 16.4. The number of carbonyl (C=O) groups is 2. The van der Waals surface area contributed by atoms with Gasteiger partial charge in [-0.2, -0.15) is 0 Å². The fraction of sp³-hybridized carbons (Fsp3) is 0.583. The Hall–Kier alpha value is -2.02. The van der Waals surface area contributed by atoms with Gasteiger partial charge in [0.15, 0.2) is 5.78 Å². The summed E-state index contributed by atoms with van der Waals surface area (Å²) in [6.07, 6.45) is 7.47. The Bertz CT molecular complexity index is 699. The number of ether oxygens (including phenoxy) is 3. The number of allylic oxidation sites excluding steroid dienone is 2. The Balaban J connectivity index is 1.60. The molecule has 164 valence electrons.